The molecule has 1 aliphatic carbocycles. The highest BCUT2D eigenvalue weighted by molar-refractivity contribution is 6.04. The lowest BCUT2D eigenvalue weighted by atomic mass is 9.87. The lowest BCUT2D eigenvalue weighted by Crippen LogP contribution is -2.49. The van der Waals surface area contributed by atoms with Crippen LogP contribution in [-0.4, -0.2) is 36.5 Å². The average Bonchev–Trinajstić information content (AvgIpc) is 2.94. The number of para-hydroxylation sites is 1. The van der Waals surface area contributed by atoms with Gasteiger partial charge in [0.15, 0.2) is 11.3 Å². The number of nitrogens with zero attached hydrogens (tertiary/aromatic N) is 1. The zero-order valence-electron chi connectivity index (χ0n) is 12.2. The molecule has 0 spiro atoms. The maximum absolute atomic E-state index is 13.8. The Morgan fingerprint density at radius 2 is 2.27 bits per heavy atom. The fourth-order valence-corrected chi connectivity index (χ4v) is 2.76. The van der Waals surface area contributed by atoms with Crippen molar-refractivity contribution in [3.8, 4) is 0 Å². The molecule has 6 heteroatoms. The summed E-state index contributed by atoms with van der Waals surface area (Å²) in [7, 11) is 1.54. The summed E-state index contributed by atoms with van der Waals surface area (Å²) in [5, 5.41) is 7.23. The van der Waals surface area contributed by atoms with Crippen molar-refractivity contribution in [3.63, 3.8) is 0 Å². The lowest BCUT2D eigenvalue weighted by Gasteiger charge is -2.33. The number of methoxy groups -OCH3 is 1. The topological polar surface area (TPSA) is 64.4 Å². The molecule has 1 aliphatic rings. The monoisotopic (exact) mass is 304 g/mol. The molecule has 1 N–H and O–H groups in total. The lowest BCUT2D eigenvalue weighted by molar-refractivity contribution is 0.0383. The van der Waals surface area contributed by atoms with Crippen LogP contribution in [-0.2, 0) is 4.74 Å². The molecule has 22 heavy (non-hydrogen) atoms. The van der Waals surface area contributed by atoms with Gasteiger partial charge in [-0.25, -0.2) is 4.39 Å². The minimum Gasteiger partial charge on any atom is -0.379 e. The number of halogens is 1. The van der Waals surface area contributed by atoms with Crippen LogP contribution in [0.25, 0.3) is 11.0 Å². The number of benzene rings is 1. The number of hydrogen-bond acceptors (Lipinski definition) is 4. The molecule has 1 aromatic heterocycles. The van der Waals surface area contributed by atoms with Crippen molar-refractivity contribution in [1.29, 1.82) is 0 Å². The van der Waals surface area contributed by atoms with Crippen molar-refractivity contribution < 1.29 is 18.4 Å². The summed E-state index contributed by atoms with van der Waals surface area (Å²) in [6.45, 7) is 3.70. The van der Waals surface area contributed by atoms with Gasteiger partial charge in [0.25, 0.3) is 5.91 Å². The Balaban J connectivity index is 1.79. The molecule has 0 bridgehead atoms. The molecule has 1 heterocycles. The summed E-state index contributed by atoms with van der Waals surface area (Å²) in [5.74, 6) is -0.392. The van der Waals surface area contributed by atoms with E-state index in [9.17, 15) is 9.18 Å². The Morgan fingerprint density at radius 1 is 1.50 bits per heavy atom. The van der Waals surface area contributed by atoms with Crippen molar-refractivity contribution in [2.24, 2.45) is 0 Å². The van der Waals surface area contributed by atoms with Crippen LogP contribution >= 0.6 is 0 Å². The summed E-state index contributed by atoms with van der Waals surface area (Å²) >= 11 is 0. The minimum absolute atomic E-state index is 0.152. The minimum atomic E-state index is -1.13. The summed E-state index contributed by atoms with van der Waals surface area (Å²) in [6.07, 6.45) is -0.881. The number of rotatable bonds is 3. The molecule has 2 aromatic rings. The zero-order valence-corrected chi connectivity index (χ0v) is 12.2. The van der Waals surface area contributed by atoms with Gasteiger partial charge in [-0.3, -0.25) is 4.79 Å². The van der Waals surface area contributed by atoms with Gasteiger partial charge in [0.1, 0.15) is 6.17 Å². The third kappa shape index (κ3) is 2.62. The van der Waals surface area contributed by atoms with Gasteiger partial charge in [-0.1, -0.05) is 23.9 Å². The number of hydrogen-bond donors (Lipinski definition) is 1. The Bertz CT molecular complexity index is 712. The molecule has 0 aliphatic heterocycles. The molecule has 3 atom stereocenters. The number of alkyl halides is 1. The number of carbonyl (C=O) groups is 1. The van der Waals surface area contributed by atoms with Crippen LogP contribution in [0.1, 0.15) is 23.3 Å². The van der Waals surface area contributed by atoms with Gasteiger partial charge in [-0.05, 0) is 24.1 Å². The first-order chi connectivity index (χ1) is 10.6. The number of aromatic nitrogens is 1. The second-order valence-electron chi connectivity index (χ2n) is 5.45. The van der Waals surface area contributed by atoms with Crippen LogP contribution < -0.4 is 5.32 Å². The van der Waals surface area contributed by atoms with Gasteiger partial charge < -0.3 is 14.6 Å². The molecule has 0 radical (unpaired) electrons. The van der Waals surface area contributed by atoms with Gasteiger partial charge in [0.05, 0.1) is 17.5 Å². The van der Waals surface area contributed by atoms with E-state index < -0.39 is 18.1 Å². The summed E-state index contributed by atoms with van der Waals surface area (Å²) in [4.78, 5) is 12.4. The summed E-state index contributed by atoms with van der Waals surface area (Å²) in [5.41, 5.74) is 1.24. The molecular weight excluding hydrogens is 287 g/mol. The van der Waals surface area contributed by atoms with Gasteiger partial charge >= 0.3 is 0 Å². The van der Waals surface area contributed by atoms with Crippen LogP contribution in [0.3, 0.4) is 0 Å². The third-order valence-electron chi connectivity index (χ3n) is 4.03. The largest absolute Gasteiger partial charge is 0.379 e. The maximum Gasteiger partial charge on any atom is 0.274 e. The van der Waals surface area contributed by atoms with Crippen LogP contribution in [0.2, 0.25) is 0 Å². The number of nitrogens with one attached hydrogen (secondary N) is 1. The second kappa shape index (κ2) is 5.88. The standard InChI is InChI=1S/C16H17FN2O3/c1-9-7-14(21-2)12(8-11(9)17)18-16(20)15-10-5-3-4-6-13(10)22-19-15/h3-6,11-12,14H,1,7-8H2,2H3,(H,18,20). The first kappa shape index (κ1) is 14.7. The highest BCUT2D eigenvalue weighted by atomic mass is 19.1. The molecule has 1 saturated carbocycles. The van der Waals surface area contributed by atoms with E-state index >= 15 is 0 Å². The van der Waals surface area contributed by atoms with Crippen molar-refractivity contribution in [3.05, 3.63) is 42.1 Å². The van der Waals surface area contributed by atoms with Crippen molar-refractivity contribution in [1.82, 2.24) is 10.5 Å². The summed E-state index contributed by atoms with van der Waals surface area (Å²) < 4.78 is 24.3. The predicted octanol–water partition coefficient (Wildman–Crippen LogP) is 2.63. The predicted molar refractivity (Wildman–Crippen MR) is 79.3 cm³/mol. The highest BCUT2D eigenvalue weighted by Crippen LogP contribution is 2.28. The molecule has 1 fully saturated rings. The Hall–Kier alpha value is -2.21. The second-order valence-corrected chi connectivity index (χ2v) is 5.45. The molecule has 1 amide bonds. The number of fused-ring (bicyclic) bond motifs is 1. The normalized spacial score (nSPS) is 25.4. The van der Waals surface area contributed by atoms with E-state index in [1.54, 1.807) is 31.4 Å². The SMILES string of the molecule is C=C1CC(OC)C(NC(=O)c2noc3ccccc23)CC1F. The Morgan fingerprint density at radius 3 is 3.05 bits per heavy atom. The van der Waals surface area contributed by atoms with E-state index in [0.717, 1.165) is 0 Å². The molecule has 3 rings (SSSR count). The highest BCUT2D eigenvalue weighted by Gasteiger charge is 2.34. The first-order valence-electron chi connectivity index (χ1n) is 7.10. The van der Waals surface area contributed by atoms with E-state index in [0.29, 0.717) is 23.0 Å². The fraction of sp³-hybridized carbons (Fsp3) is 0.375. The molecule has 0 saturated heterocycles. The van der Waals surface area contributed by atoms with E-state index in [1.165, 1.54) is 0 Å². The van der Waals surface area contributed by atoms with Crippen molar-refractivity contribution >= 4 is 16.9 Å². The maximum atomic E-state index is 13.8. The van der Waals surface area contributed by atoms with Crippen LogP contribution in [0.15, 0.2) is 40.9 Å². The third-order valence-corrected chi connectivity index (χ3v) is 4.03. The fourth-order valence-electron chi connectivity index (χ4n) is 2.76. The van der Waals surface area contributed by atoms with E-state index in [2.05, 4.69) is 17.1 Å². The Labute approximate surface area is 127 Å². The Kier molecular flexibility index (Phi) is 3.94. The van der Waals surface area contributed by atoms with Crippen LogP contribution in [0, 0.1) is 0 Å². The van der Waals surface area contributed by atoms with Crippen LogP contribution in [0.4, 0.5) is 4.39 Å². The average molecular weight is 304 g/mol. The van der Waals surface area contributed by atoms with Crippen molar-refractivity contribution in [2.45, 2.75) is 31.2 Å². The number of carbonyl (C=O) groups excluding carboxylic acids is 1. The smallest absolute Gasteiger partial charge is 0.274 e. The van der Waals surface area contributed by atoms with Crippen molar-refractivity contribution in [2.75, 3.05) is 7.11 Å². The van der Waals surface area contributed by atoms with E-state index in [-0.39, 0.29) is 18.2 Å². The van der Waals surface area contributed by atoms with Gasteiger partial charge in [0, 0.05) is 13.5 Å². The summed E-state index contributed by atoms with van der Waals surface area (Å²) in [6, 6.07) is 6.68. The quantitative estimate of drug-likeness (QED) is 0.885. The molecule has 116 valence electrons. The molecule has 3 unspecified atom stereocenters. The van der Waals surface area contributed by atoms with Gasteiger partial charge in [0.2, 0.25) is 0 Å². The van der Waals surface area contributed by atoms with E-state index in [4.69, 9.17) is 9.26 Å². The zero-order chi connectivity index (χ0) is 15.7. The van der Waals surface area contributed by atoms with Crippen LogP contribution in [0.5, 0.6) is 0 Å². The van der Waals surface area contributed by atoms with Gasteiger partial charge in [-0.15, -0.1) is 0 Å². The molecular formula is C16H17FN2O3. The first-order valence-corrected chi connectivity index (χ1v) is 7.10. The van der Waals surface area contributed by atoms with E-state index in [1.807, 2.05) is 0 Å². The molecule has 1 aromatic carbocycles. The number of amides is 1. The molecule has 5 nitrogen and oxygen atoms in total. The van der Waals surface area contributed by atoms with Gasteiger partial charge in [-0.2, -0.15) is 0 Å². The number of ether oxygens (including phenoxy) is 1.